The molecule has 0 atom stereocenters. The SMILES string of the molecule is CC1(C)COP(SSCPCSSP2OCC(C)(C)CO2)OC1. The van der Waals surface area contributed by atoms with Gasteiger partial charge in [-0.25, -0.2) is 0 Å². The molecule has 0 bridgehead atoms. The van der Waals surface area contributed by atoms with Gasteiger partial charge in [-0.3, -0.25) is 0 Å². The lowest BCUT2D eigenvalue weighted by Gasteiger charge is -2.32. The molecule has 0 N–H and O–H groups in total. The van der Waals surface area contributed by atoms with Gasteiger partial charge in [0, 0.05) is 21.8 Å². The van der Waals surface area contributed by atoms with Gasteiger partial charge in [0.25, 0.3) is 0 Å². The zero-order valence-corrected chi connectivity index (χ0v) is 20.0. The Morgan fingerprint density at radius 1 is 0.739 bits per heavy atom. The van der Waals surface area contributed by atoms with Crippen molar-refractivity contribution in [2.45, 2.75) is 27.7 Å². The highest BCUT2D eigenvalue weighted by atomic mass is 33.3. The van der Waals surface area contributed by atoms with E-state index in [1.54, 1.807) is 20.8 Å². The van der Waals surface area contributed by atoms with Crippen LogP contribution in [0, 0.1) is 10.8 Å². The Labute approximate surface area is 159 Å². The fraction of sp³-hybridized carbons (Fsp3) is 1.00. The van der Waals surface area contributed by atoms with E-state index in [1.807, 2.05) is 21.6 Å². The molecule has 0 saturated carbocycles. The van der Waals surface area contributed by atoms with Crippen LogP contribution < -0.4 is 0 Å². The highest BCUT2D eigenvalue weighted by Crippen LogP contribution is 2.63. The summed E-state index contributed by atoms with van der Waals surface area (Å²) in [7, 11) is 6.74. The summed E-state index contributed by atoms with van der Waals surface area (Å²) in [4.78, 5) is 0. The summed E-state index contributed by atoms with van der Waals surface area (Å²) in [5.74, 6) is 0. The van der Waals surface area contributed by atoms with Crippen molar-refractivity contribution in [3.8, 4) is 0 Å². The third kappa shape index (κ3) is 9.33. The molecule has 0 unspecified atom stereocenters. The van der Waals surface area contributed by atoms with Crippen LogP contribution in [0.1, 0.15) is 27.7 Å². The van der Waals surface area contributed by atoms with Gasteiger partial charge in [-0.1, -0.05) is 57.9 Å². The summed E-state index contributed by atoms with van der Waals surface area (Å²) >= 11 is 0. The molecule has 23 heavy (non-hydrogen) atoms. The molecule has 0 radical (unpaired) electrons. The summed E-state index contributed by atoms with van der Waals surface area (Å²) in [6.07, 6.45) is 0. The molecule has 0 aliphatic carbocycles. The predicted molar refractivity (Wildman–Crippen MR) is 114 cm³/mol. The maximum absolute atomic E-state index is 5.77. The van der Waals surface area contributed by atoms with E-state index in [1.165, 1.54) is 0 Å². The molecule has 2 fully saturated rings. The van der Waals surface area contributed by atoms with Crippen molar-refractivity contribution in [1.82, 2.24) is 0 Å². The molecule has 0 spiro atoms. The molecule has 2 aliphatic heterocycles. The maximum Gasteiger partial charge on any atom is 0.249 e. The molecule has 2 heterocycles. The zero-order chi connectivity index (χ0) is 16.8. The van der Waals surface area contributed by atoms with E-state index < -0.39 is 15.2 Å². The van der Waals surface area contributed by atoms with Gasteiger partial charge >= 0.3 is 0 Å². The monoisotopic (exact) mass is 454 g/mol. The van der Waals surface area contributed by atoms with Crippen LogP contribution in [0.3, 0.4) is 0 Å². The highest BCUT2D eigenvalue weighted by molar-refractivity contribution is 8.99. The van der Waals surface area contributed by atoms with Crippen molar-refractivity contribution in [3.63, 3.8) is 0 Å². The molecule has 11 heteroatoms. The molecule has 2 aliphatic rings. The Morgan fingerprint density at radius 3 is 1.43 bits per heavy atom. The van der Waals surface area contributed by atoms with Crippen LogP contribution in [-0.4, -0.2) is 37.4 Å². The van der Waals surface area contributed by atoms with Gasteiger partial charge in [0.15, 0.2) is 0 Å². The summed E-state index contributed by atoms with van der Waals surface area (Å²) in [5.41, 5.74) is 2.64. The van der Waals surface area contributed by atoms with Gasteiger partial charge in [0.2, 0.25) is 15.2 Å². The third-order valence-electron chi connectivity index (χ3n) is 2.79. The summed E-state index contributed by atoms with van der Waals surface area (Å²) in [6, 6.07) is 0. The van der Waals surface area contributed by atoms with Crippen molar-refractivity contribution in [3.05, 3.63) is 0 Å². The molecule has 136 valence electrons. The first-order chi connectivity index (χ1) is 10.9. The average Bonchev–Trinajstić information content (AvgIpc) is 2.49. The fourth-order valence-corrected chi connectivity index (χ4v) is 16.0. The van der Waals surface area contributed by atoms with Crippen molar-refractivity contribution in [1.29, 1.82) is 0 Å². The Balaban J connectivity index is 1.40. The normalized spacial score (nSPS) is 25.6. The van der Waals surface area contributed by atoms with Crippen molar-refractivity contribution in [2.24, 2.45) is 10.8 Å². The molecule has 0 aromatic carbocycles. The van der Waals surface area contributed by atoms with Crippen LogP contribution in [0.15, 0.2) is 0 Å². The first kappa shape index (κ1) is 21.8. The molecule has 0 aromatic rings. The lowest BCUT2D eigenvalue weighted by atomic mass is 9.97. The smallest absolute Gasteiger partial charge is 0.249 e. The van der Waals surface area contributed by atoms with Gasteiger partial charge in [0.1, 0.15) is 0 Å². The molecular weight excluding hydrogens is 429 g/mol. The lowest BCUT2D eigenvalue weighted by Crippen LogP contribution is -2.27. The minimum absolute atomic E-state index is 0.167. The van der Waals surface area contributed by atoms with E-state index in [2.05, 4.69) is 27.7 Å². The van der Waals surface area contributed by atoms with E-state index in [9.17, 15) is 0 Å². The molecule has 2 rings (SSSR count). The number of rotatable bonds is 8. The van der Waals surface area contributed by atoms with E-state index in [-0.39, 0.29) is 10.8 Å². The van der Waals surface area contributed by atoms with Crippen LogP contribution in [-0.2, 0) is 18.1 Å². The zero-order valence-electron chi connectivity index (χ0n) is 13.9. The predicted octanol–water partition coefficient (Wildman–Crippen LogP) is 6.94. The minimum atomic E-state index is -0.739. The number of hydrogen-bond acceptors (Lipinski definition) is 8. The standard InChI is InChI=1S/C12H25O4P3S4/c1-11(2)5-13-18(14-6-11)22-20-9-17-10-21-23-19-15-7-12(3,4)8-16-19/h17H,5-10H2,1-4H3. The average molecular weight is 455 g/mol. The Kier molecular flexibility index (Phi) is 10.2. The first-order valence-electron chi connectivity index (χ1n) is 7.28. The number of hydrogen-bond donors (Lipinski definition) is 0. The molecule has 0 amide bonds. The Hall–Kier alpha value is 2.53. The topological polar surface area (TPSA) is 36.9 Å². The van der Waals surface area contributed by atoms with E-state index in [4.69, 9.17) is 18.1 Å². The second-order valence-corrected chi connectivity index (χ2v) is 19.1. The van der Waals surface area contributed by atoms with E-state index in [0.717, 1.165) is 46.0 Å². The Bertz CT molecular complexity index is 313. The first-order valence-corrected chi connectivity index (χ1v) is 16.9. The van der Waals surface area contributed by atoms with Gasteiger partial charge in [-0.2, -0.15) is 0 Å². The molecule has 0 aromatic heterocycles. The van der Waals surface area contributed by atoms with Gasteiger partial charge < -0.3 is 18.1 Å². The van der Waals surface area contributed by atoms with Crippen LogP contribution in [0.5, 0.6) is 0 Å². The van der Waals surface area contributed by atoms with Crippen LogP contribution in [0.2, 0.25) is 0 Å². The fourth-order valence-electron chi connectivity index (χ4n) is 1.42. The minimum Gasteiger partial charge on any atom is -0.325 e. The third-order valence-corrected chi connectivity index (χ3v) is 16.0. The van der Waals surface area contributed by atoms with Crippen LogP contribution >= 0.6 is 66.2 Å². The maximum atomic E-state index is 5.77. The largest absolute Gasteiger partial charge is 0.325 e. The van der Waals surface area contributed by atoms with E-state index in [0.29, 0.717) is 0 Å². The molecular formula is C12H25O4P3S4. The van der Waals surface area contributed by atoms with Crippen LogP contribution in [0.4, 0.5) is 0 Å². The van der Waals surface area contributed by atoms with E-state index >= 15 is 0 Å². The Morgan fingerprint density at radius 2 is 1.09 bits per heavy atom. The molecule has 4 nitrogen and oxygen atoms in total. The van der Waals surface area contributed by atoms with Gasteiger partial charge in [-0.15, -0.1) is 0 Å². The summed E-state index contributed by atoms with van der Waals surface area (Å²) in [5, 5.41) is 0. The van der Waals surface area contributed by atoms with Crippen LogP contribution in [0.25, 0.3) is 0 Å². The second kappa shape index (κ2) is 10.8. The summed E-state index contributed by atoms with van der Waals surface area (Å²) in [6.45, 7) is 11.9. The second-order valence-electron chi connectivity index (χ2n) is 6.79. The lowest BCUT2D eigenvalue weighted by molar-refractivity contribution is 0.0687. The highest BCUT2D eigenvalue weighted by Gasteiger charge is 2.30. The van der Waals surface area contributed by atoms with Gasteiger partial charge in [0.05, 0.1) is 26.4 Å². The van der Waals surface area contributed by atoms with Crippen molar-refractivity contribution >= 4 is 66.2 Å². The van der Waals surface area contributed by atoms with Crippen molar-refractivity contribution in [2.75, 3.05) is 37.4 Å². The van der Waals surface area contributed by atoms with Gasteiger partial charge in [-0.05, 0) is 20.8 Å². The van der Waals surface area contributed by atoms with Crippen molar-refractivity contribution < 1.29 is 18.1 Å². The molecule has 2 saturated heterocycles. The summed E-state index contributed by atoms with van der Waals surface area (Å²) < 4.78 is 23.1. The quantitative estimate of drug-likeness (QED) is 0.222.